The minimum absolute atomic E-state index is 0.0491. The zero-order valence-electron chi connectivity index (χ0n) is 19.1. The first kappa shape index (κ1) is 21.8. The van der Waals surface area contributed by atoms with Crippen molar-refractivity contribution in [1.82, 2.24) is 5.16 Å². The fourth-order valence-electron chi connectivity index (χ4n) is 4.95. The van der Waals surface area contributed by atoms with E-state index in [9.17, 15) is 14.7 Å². The second-order valence-electron chi connectivity index (χ2n) is 8.72. The van der Waals surface area contributed by atoms with Crippen molar-refractivity contribution in [2.24, 2.45) is 0 Å². The third-order valence-electron chi connectivity index (χ3n) is 6.50. The number of hydrogen-bond donors (Lipinski definition) is 3. The average Bonchev–Trinajstić information content (AvgIpc) is 3.18. The zero-order chi connectivity index (χ0) is 24.0. The highest BCUT2D eigenvalue weighted by Crippen LogP contribution is 2.49. The molecule has 8 nitrogen and oxygen atoms in total. The van der Waals surface area contributed by atoms with Crippen molar-refractivity contribution < 1.29 is 24.0 Å². The third kappa shape index (κ3) is 3.71. The molecule has 1 aromatic heterocycles. The number of anilines is 2. The lowest BCUT2D eigenvalue weighted by Gasteiger charge is -2.34. The van der Waals surface area contributed by atoms with Gasteiger partial charge in [0.2, 0.25) is 11.8 Å². The Labute approximate surface area is 196 Å². The lowest BCUT2D eigenvalue weighted by atomic mass is 9.72. The predicted octanol–water partition coefficient (Wildman–Crippen LogP) is 4.61. The van der Waals surface area contributed by atoms with Gasteiger partial charge >= 0.3 is 0 Å². The van der Waals surface area contributed by atoms with E-state index in [1.807, 2.05) is 37.3 Å². The zero-order valence-corrected chi connectivity index (χ0v) is 19.1. The van der Waals surface area contributed by atoms with Crippen LogP contribution in [-0.4, -0.2) is 29.1 Å². The van der Waals surface area contributed by atoms with Gasteiger partial charge in [-0.25, -0.2) is 0 Å². The molecule has 0 saturated carbocycles. The molecule has 1 aliphatic heterocycles. The van der Waals surface area contributed by atoms with Crippen LogP contribution >= 0.6 is 0 Å². The standard InChI is InChI=1S/C26H25N3O5/c1-13-23-24(15-4-7-18(8-5-15)27-14(2)30)25-19(28-26(23)34-29-13)10-17(11-21(25)32)16-6-9-20(31)22(12-16)33-3/h4-9,12,17,24,28,31H,10-11H2,1-3H3,(H,27,30)/t17-,24-/m1/s1. The summed E-state index contributed by atoms with van der Waals surface area (Å²) in [5, 5.41) is 20.2. The molecule has 0 spiro atoms. The van der Waals surface area contributed by atoms with Crippen LogP contribution in [0, 0.1) is 6.92 Å². The van der Waals surface area contributed by atoms with E-state index in [2.05, 4.69) is 15.8 Å². The Balaban J connectivity index is 1.55. The molecule has 174 valence electrons. The molecule has 1 amide bonds. The van der Waals surface area contributed by atoms with Gasteiger partial charge in [0.1, 0.15) is 0 Å². The first-order chi connectivity index (χ1) is 16.4. The molecular formula is C26H25N3O5. The molecule has 2 aromatic carbocycles. The van der Waals surface area contributed by atoms with E-state index in [4.69, 9.17) is 9.26 Å². The SMILES string of the molecule is COc1cc([C@H]2CC(=O)C3=C(C2)Nc2onc(C)c2[C@H]3c2ccc(NC(C)=O)cc2)ccc1O. The monoisotopic (exact) mass is 459 g/mol. The predicted molar refractivity (Wildman–Crippen MR) is 126 cm³/mol. The number of phenolic OH excluding ortho intramolecular Hbond substituents is 1. The van der Waals surface area contributed by atoms with Gasteiger partial charge in [-0.15, -0.1) is 0 Å². The highest BCUT2D eigenvalue weighted by atomic mass is 16.5. The number of methoxy groups -OCH3 is 1. The summed E-state index contributed by atoms with van der Waals surface area (Å²) < 4.78 is 10.8. The third-order valence-corrected chi connectivity index (χ3v) is 6.50. The Morgan fingerprint density at radius 1 is 1.18 bits per heavy atom. The summed E-state index contributed by atoms with van der Waals surface area (Å²) in [5.41, 5.74) is 5.65. The molecule has 0 radical (unpaired) electrons. The van der Waals surface area contributed by atoms with E-state index >= 15 is 0 Å². The van der Waals surface area contributed by atoms with Crippen LogP contribution in [0.3, 0.4) is 0 Å². The van der Waals surface area contributed by atoms with Crippen molar-refractivity contribution in [2.75, 3.05) is 17.7 Å². The highest BCUT2D eigenvalue weighted by Gasteiger charge is 2.41. The average molecular weight is 460 g/mol. The molecule has 0 fully saturated rings. The number of rotatable bonds is 4. The molecule has 1 aliphatic carbocycles. The van der Waals surface area contributed by atoms with Gasteiger partial charge in [0.15, 0.2) is 17.3 Å². The summed E-state index contributed by atoms with van der Waals surface area (Å²) in [5.74, 6) is 0.515. The Morgan fingerprint density at radius 3 is 2.62 bits per heavy atom. The van der Waals surface area contributed by atoms with E-state index in [1.54, 1.807) is 12.1 Å². The number of Topliss-reactive ketones (excluding diaryl/α,β-unsaturated/α-hetero) is 1. The number of phenols is 1. The van der Waals surface area contributed by atoms with Gasteiger partial charge in [-0.1, -0.05) is 23.4 Å². The number of aromatic nitrogens is 1. The lowest BCUT2D eigenvalue weighted by Crippen LogP contribution is -2.29. The number of ether oxygens (including phenoxy) is 1. The molecule has 8 heteroatoms. The van der Waals surface area contributed by atoms with Crippen LogP contribution in [0.15, 0.2) is 58.3 Å². The second kappa shape index (κ2) is 8.37. The first-order valence-corrected chi connectivity index (χ1v) is 11.1. The van der Waals surface area contributed by atoms with E-state index in [-0.39, 0.29) is 29.3 Å². The summed E-state index contributed by atoms with van der Waals surface area (Å²) in [4.78, 5) is 25.0. The molecule has 2 atom stereocenters. The second-order valence-corrected chi connectivity index (χ2v) is 8.72. The van der Waals surface area contributed by atoms with Crippen molar-refractivity contribution in [3.8, 4) is 11.5 Å². The van der Waals surface area contributed by atoms with E-state index < -0.39 is 0 Å². The number of amides is 1. The van der Waals surface area contributed by atoms with Gasteiger partial charge < -0.3 is 25.0 Å². The molecule has 2 aliphatic rings. The maximum Gasteiger partial charge on any atom is 0.233 e. The number of aromatic hydroxyl groups is 1. The van der Waals surface area contributed by atoms with Gasteiger partial charge in [0.05, 0.1) is 18.4 Å². The van der Waals surface area contributed by atoms with Crippen LogP contribution in [0.1, 0.15) is 54.0 Å². The van der Waals surface area contributed by atoms with Crippen molar-refractivity contribution in [3.63, 3.8) is 0 Å². The maximum absolute atomic E-state index is 13.6. The largest absolute Gasteiger partial charge is 0.504 e. The van der Waals surface area contributed by atoms with Crippen molar-refractivity contribution >= 4 is 23.3 Å². The van der Waals surface area contributed by atoms with E-state index in [0.717, 1.165) is 28.1 Å². The van der Waals surface area contributed by atoms with Crippen LogP contribution in [0.2, 0.25) is 0 Å². The highest BCUT2D eigenvalue weighted by molar-refractivity contribution is 6.01. The summed E-state index contributed by atoms with van der Waals surface area (Å²) in [6.07, 6.45) is 0.948. The van der Waals surface area contributed by atoms with Crippen molar-refractivity contribution in [1.29, 1.82) is 0 Å². The number of carbonyl (C=O) groups is 2. The number of fused-ring (bicyclic) bond motifs is 1. The summed E-state index contributed by atoms with van der Waals surface area (Å²) in [6, 6.07) is 12.7. The molecular weight excluding hydrogens is 434 g/mol. The van der Waals surface area contributed by atoms with Crippen molar-refractivity contribution in [3.05, 3.63) is 76.1 Å². The molecule has 34 heavy (non-hydrogen) atoms. The Bertz CT molecular complexity index is 1320. The molecule has 3 aromatic rings. The van der Waals surface area contributed by atoms with Crippen LogP contribution in [0.4, 0.5) is 11.6 Å². The number of allylic oxidation sites excluding steroid dienone is 2. The number of hydrogen-bond acceptors (Lipinski definition) is 7. The van der Waals surface area contributed by atoms with Crippen LogP contribution in [-0.2, 0) is 9.59 Å². The first-order valence-electron chi connectivity index (χ1n) is 11.1. The summed E-state index contributed by atoms with van der Waals surface area (Å²) in [7, 11) is 1.50. The fourth-order valence-corrected chi connectivity index (χ4v) is 4.95. The van der Waals surface area contributed by atoms with Gasteiger partial charge in [-0.2, -0.15) is 0 Å². The number of nitrogens with zero attached hydrogens (tertiary/aromatic N) is 1. The number of benzene rings is 2. The number of ketones is 1. The van der Waals surface area contributed by atoms with Gasteiger partial charge in [-0.05, 0) is 54.7 Å². The smallest absolute Gasteiger partial charge is 0.233 e. The molecule has 5 rings (SSSR count). The normalized spacial score (nSPS) is 19.2. The number of carbonyl (C=O) groups excluding carboxylic acids is 2. The quantitative estimate of drug-likeness (QED) is 0.522. The molecule has 2 heterocycles. The van der Waals surface area contributed by atoms with Crippen LogP contribution in [0.25, 0.3) is 0 Å². The Hall–Kier alpha value is -4.07. The fraction of sp³-hybridized carbons (Fsp3) is 0.269. The van der Waals surface area contributed by atoms with E-state index in [1.165, 1.54) is 14.0 Å². The Morgan fingerprint density at radius 2 is 1.91 bits per heavy atom. The van der Waals surface area contributed by atoms with Crippen LogP contribution < -0.4 is 15.4 Å². The number of aryl methyl sites for hydroxylation is 1. The lowest BCUT2D eigenvalue weighted by molar-refractivity contribution is -0.116. The summed E-state index contributed by atoms with van der Waals surface area (Å²) in [6.45, 7) is 3.33. The summed E-state index contributed by atoms with van der Waals surface area (Å²) >= 11 is 0. The topological polar surface area (TPSA) is 114 Å². The van der Waals surface area contributed by atoms with Gasteiger partial charge in [0.25, 0.3) is 0 Å². The van der Waals surface area contributed by atoms with Gasteiger partial charge in [0, 0.05) is 36.2 Å². The molecule has 0 saturated heterocycles. The minimum atomic E-state index is -0.313. The minimum Gasteiger partial charge on any atom is -0.504 e. The molecule has 0 bridgehead atoms. The van der Waals surface area contributed by atoms with Gasteiger partial charge in [-0.3, -0.25) is 9.59 Å². The number of nitrogens with one attached hydrogen (secondary N) is 2. The van der Waals surface area contributed by atoms with Crippen LogP contribution in [0.5, 0.6) is 11.5 Å². The van der Waals surface area contributed by atoms with E-state index in [0.29, 0.717) is 35.7 Å². The maximum atomic E-state index is 13.6. The van der Waals surface area contributed by atoms with Crippen molar-refractivity contribution in [2.45, 2.75) is 38.5 Å². The molecule has 0 unspecified atom stereocenters. The Kier molecular flexibility index (Phi) is 5.36. The molecule has 3 N–H and O–H groups in total.